The number of morpholine rings is 1. The predicted molar refractivity (Wildman–Crippen MR) is 83.9 cm³/mol. The monoisotopic (exact) mass is 297 g/mol. The number of phenols is 1. The highest BCUT2D eigenvalue weighted by Crippen LogP contribution is 2.25. The van der Waals surface area contributed by atoms with Crippen LogP contribution in [0.1, 0.15) is 27.6 Å². The lowest BCUT2D eigenvalue weighted by molar-refractivity contribution is -0.0229. The molecule has 4 nitrogen and oxygen atoms in total. The summed E-state index contributed by atoms with van der Waals surface area (Å²) in [5, 5.41) is 10.00. The third-order valence-electron chi connectivity index (χ3n) is 3.91. The first-order valence-corrected chi connectivity index (χ1v) is 7.40. The van der Waals surface area contributed by atoms with Crippen LogP contribution < -0.4 is 0 Å². The second-order valence-corrected chi connectivity index (χ2v) is 5.54. The molecular formula is C18H19NO3. The molecule has 0 spiro atoms. The van der Waals surface area contributed by atoms with E-state index in [2.05, 4.69) is 0 Å². The van der Waals surface area contributed by atoms with Gasteiger partial charge in [0.2, 0.25) is 0 Å². The third kappa shape index (κ3) is 2.97. The van der Waals surface area contributed by atoms with E-state index >= 15 is 0 Å². The lowest BCUT2D eigenvalue weighted by Gasteiger charge is -2.33. The summed E-state index contributed by atoms with van der Waals surface area (Å²) in [6.45, 7) is 3.41. The van der Waals surface area contributed by atoms with E-state index in [1.165, 1.54) is 0 Å². The first-order valence-electron chi connectivity index (χ1n) is 7.40. The van der Waals surface area contributed by atoms with Gasteiger partial charge in [0.25, 0.3) is 5.91 Å². The van der Waals surface area contributed by atoms with E-state index in [4.69, 9.17) is 4.74 Å². The summed E-state index contributed by atoms with van der Waals surface area (Å²) in [7, 11) is 0. The second kappa shape index (κ2) is 6.20. The van der Waals surface area contributed by atoms with Crippen molar-refractivity contribution in [2.45, 2.75) is 13.0 Å². The molecule has 2 aromatic rings. The molecule has 0 bridgehead atoms. The van der Waals surface area contributed by atoms with Crippen LogP contribution in [-0.2, 0) is 4.74 Å². The maximum atomic E-state index is 12.6. The van der Waals surface area contributed by atoms with Crippen molar-refractivity contribution in [3.63, 3.8) is 0 Å². The fourth-order valence-corrected chi connectivity index (χ4v) is 2.70. The number of aromatic hydroxyl groups is 1. The van der Waals surface area contributed by atoms with Gasteiger partial charge >= 0.3 is 0 Å². The molecule has 1 unspecified atom stereocenters. The van der Waals surface area contributed by atoms with Crippen LogP contribution in [0.3, 0.4) is 0 Å². The molecule has 1 heterocycles. The minimum atomic E-state index is -0.151. The Morgan fingerprint density at radius 1 is 1.23 bits per heavy atom. The molecule has 1 atom stereocenters. The number of phenolic OH excluding ortho intramolecular Hbond substituents is 1. The lowest BCUT2D eigenvalue weighted by atomic mass is 10.1. The van der Waals surface area contributed by atoms with Gasteiger partial charge in [0.05, 0.1) is 18.7 Å². The van der Waals surface area contributed by atoms with Gasteiger partial charge in [-0.15, -0.1) is 0 Å². The molecule has 0 aromatic heterocycles. The minimum Gasteiger partial charge on any atom is -0.507 e. The van der Waals surface area contributed by atoms with Gasteiger partial charge < -0.3 is 14.7 Å². The molecule has 1 saturated heterocycles. The first-order chi connectivity index (χ1) is 10.6. The van der Waals surface area contributed by atoms with Crippen LogP contribution in [-0.4, -0.2) is 35.6 Å². The highest BCUT2D eigenvalue weighted by molar-refractivity contribution is 5.97. The number of carbonyl (C=O) groups excluding carboxylic acids is 1. The van der Waals surface area contributed by atoms with Gasteiger partial charge in [0.15, 0.2) is 0 Å². The standard InChI is InChI=1S/C18H19NO3/c1-13-7-8-15(16(20)11-13)18(21)19-9-10-22-17(12-19)14-5-3-2-4-6-14/h2-8,11,17,20H,9-10,12H2,1H3. The zero-order chi connectivity index (χ0) is 15.5. The molecule has 1 aliphatic heterocycles. The molecule has 1 N–H and O–H groups in total. The number of hydrogen-bond acceptors (Lipinski definition) is 3. The number of carbonyl (C=O) groups is 1. The Hall–Kier alpha value is -2.33. The van der Waals surface area contributed by atoms with E-state index in [1.807, 2.05) is 43.3 Å². The highest BCUT2D eigenvalue weighted by Gasteiger charge is 2.27. The Morgan fingerprint density at radius 3 is 2.73 bits per heavy atom. The Morgan fingerprint density at radius 2 is 2.00 bits per heavy atom. The zero-order valence-electron chi connectivity index (χ0n) is 12.5. The minimum absolute atomic E-state index is 0.0350. The average molecular weight is 297 g/mol. The Labute approximate surface area is 130 Å². The zero-order valence-corrected chi connectivity index (χ0v) is 12.5. The van der Waals surface area contributed by atoms with E-state index in [9.17, 15) is 9.90 Å². The van der Waals surface area contributed by atoms with Gasteiger partial charge in [-0.25, -0.2) is 0 Å². The Balaban J connectivity index is 1.78. The normalized spacial score (nSPS) is 18.2. The maximum Gasteiger partial charge on any atom is 0.257 e. The summed E-state index contributed by atoms with van der Waals surface area (Å²) in [4.78, 5) is 14.4. The van der Waals surface area contributed by atoms with Crippen LogP contribution in [0.5, 0.6) is 5.75 Å². The van der Waals surface area contributed by atoms with Crippen molar-refractivity contribution in [2.75, 3.05) is 19.7 Å². The van der Waals surface area contributed by atoms with Crippen molar-refractivity contribution in [1.29, 1.82) is 0 Å². The molecule has 1 amide bonds. The molecule has 0 aliphatic carbocycles. The Kier molecular flexibility index (Phi) is 4.11. The maximum absolute atomic E-state index is 12.6. The van der Waals surface area contributed by atoms with Gasteiger partial charge in [0, 0.05) is 6.54 Å². The largest absolute Gasteiger partial charge is 0.507 e. The smallest absolute Gasteiger partial charge is 0.257 e. The number of nitrogens with zero attached hydrogens (tertiary/aromatic N) is 1. The summed E-state index contributed by atoms with van der Waals surface area (Å²) in [5.74, 6) is -0.116. The van der Waals surface area contributed by atoms with Crippen LogP contribution in [0, 0.1) is 6.92 Å². The number of aryl methyl sites for hydroxylation is 1. The van der Waals surface area contributed by atoms with Crippen LogP contribution in [0.2, 0.25) is 0 Å². The van der Waals surface area contributed by atoms with Crippen molar-refractivity contribution >= 4 is 5.91 Å². The number of rotatable bonds is 2. The lowest BCUT2D eigenvalue weighted by Crippen LogP contribution is -2.42. The second-order valence-electron chi connectivity index (χ2n) is 5.54. The van der Waals surface area contributed by atoms with Gasteiger partial charge in [-0.3, -0.25) is 4.79 Å². The van der Waals surface area contributed by atoms with Gasteiger partial charge in [-0.05, 0) is 30.2 Å². The van der Waals surface area contributed by atoms with Crippen molar-refractivity contribution in [3.05, 3.63) is 65.2 Å². The summed E-state index contributed by atoms with van der Waals surface area (Å²) < 4.78 is 5.77. The van der Waals surface area contributed by atoms with Gasteiger partial charge in [-0.1, -0.05) is 36.4 Å². The van der Waals surface area contributed by atoms with Crippen LogP contribution in [0.4, 0.5) is 0 Å². The number of amides is 1. The van der Waals surface area contributed by atoms with Crippen LogP contribution in [0.15, 0.2) is 48.5 Å². The first kappa shape index (κ1) is 14.6. The number of hydrogen-bond donors (Lipinski definition) is 1. The Bertz CT molecular complexity index is 669. The fraction of sp³-hybridized carbons (Fsp3) is 0.278. The van der Waals surface area contributed by atoms with E-state index in [-0.39, 0.29) is 17.8 Å². The van der Waals surface area contributed by atoms with E-state index in [0.29, 0.717) is 25.3 Å². The summed E-state index contributed by atoms with van der Waals surface area (Å²) in [6.07, 6.45) is -0.119. The highest BCUT2D eigenvalue weighted by atomic mass is 16.5. The van der Waals surface area contributed by atoms with Gasteiger partial charge in [0.1, 0.15) is 11.9 Å². The summed E-state index contributed by atoms with van der Waals surface area (Å²) >= 11 is 0. The van der Waals surface area contributed by atoms with Crippen LogP contribution >= 0.6 is 0 Å². The molecule has 1 fully saturated rings. The summed E-state index contributed by atoms with van der Waals surface area (Å²) in [6, 6.07) is 15.0. The molecule has 0 radical (unpaired) electrons. The number of ether oxygens (including phenoxy) is 1. The molecule has 0 saturated carbocycles. The van der Waals surface area contributed by atoms with E-state index in [1.54, 1.807) is 17.0 Å². The van der Waals surface area contributed by atoms with Crippen LogP contribution in [0.25, 0.3) is 0 Å². The number of benzene rings is 2. The topological polar surface area (TPSA) is 49.8 Å². The average Bonchev–Trinajstić information content (AvgIpc) is 2.55. The molecule has 3 rings (SSSR count). The molecule has 22 heavy (non-hydrogen) atoms. The van der Waals surface area contributed by atoms with E-state index < -0.39 is 0 Å². The van der Waals surface area contributed by atoms with Crippen molar-refractivity contribution < 1.29 is 14.6 Å². The van der Waals surface area contributed by atoms with Crippen molar-refractivity contribution in [1.82, 2.24) is 4.90 Å². The molecular weight excluding hydrogens is 278 g/mol. The summed E-state index contributed by atoms with van der Waals surface area (Å²) in [5.41, 5.74) is 2.34. The van der Waals surface area contributed by atoms with E-state index in [0.717, 1.165) is 11.1 Å². The van der Waals surface area contributed by atoms with Gasteiger partial charge in [-0.2, -0.15) is 0 Å². The molecule has 4 heteroatoms. The fourth-order valence-electron chi connectivity index (χ4n) is 2.70. The predicted octanol–water partition coefficient (Wildman–Crippen LogP) is 2.91. The SMILES string of the molecule is Cc1ccc(C(=O)N2CCOC(c3ccccc3)C2)c(O)c1. The van der Waals surface area contributed by atoms with Crippen molar-refractivity contribution in [2.24, 2.45) is 0 Å². The van der Waals surface area contributed by atoms with Crippen molar-refractivity contribution in [3.8, 4) is 5.75 Å². The quantitative estimate of drug-likeness (QED) is 0.927. The third-order valence-corrected chi connectivity index (χ3v) is 3.91. The molecule has 114 valence electrons. The molecule has 2 aromatic carbocycles. The molecule has 1 aliphatic rings.